The van der Waals surface area contributed by atoms with Gasteiger partial charge in [-0.15, -0.1) is 10.2 Å². The Balaban J connectivity index is 2.00. The Hall–Kier alpha value is -2.78. The molecule has 0 saturated carbocycles. The molecule has 2 aromatic rings. The minimum absolute atomic E-state index is 0.225. The predicted molar refractivity (Wildman–Crippen MR) is 77.9 cm³/mol. The van der Waals surface area contributed by atoms with Gasteiger partial charge >= 0.3 is 5.88 Å². The highest BCUT2D eigenvalue weighted by Gasteiger charge is 2.10. The van der Waals surface area contributed by atoms with Gasteiger partial charge in [0, 0.05) is 0 Å². The number of nitrogens with zero attached hydrogens (tertiary/aromatic N) is 3. The lowest BCUT2D eigenvalue weighted by molar-refractivity contribution is -0.402. The van der Waals surface area contributed by atoms with Crippen LogP contribution in [0.15, 0.2) is 28.7 Å². The fourth-order valence-corrected chi connectivity index (χ4v) is 1.56. The largest absolute Gasteiger partial charge is 0.433 e. The van der Waals surface area contributed by atoms with Crippen molar-refractivity contribution in [3.8, 4) is 0 Å². The van der Waals surface area contributed by atoms with Gasteiger partial charge in [0.1, 0.15) is 16.5 Å². The maximum atomic E-state index is 10.5. The molecular weight excluding hydrogens is 292 g/mol. The summed E-state index contributed by atoms with van der Waals surface area (Å²) in [5.74, 6) is 0.416. The van der Waals surface area contributed by atoms with E-state index in [9.17, 15) is 10.1 Å². The summed E-state index contributed by atoms with van der Waals surface area (Å²) in [5, 5.41) is 39.0. The molecule has 0 amide bonds. The van der Waals surface area contributed by atoms with Crippen molar-refractivity contribution in [2.75, 3.05) is 18.5 Å². The van der Waals surface area contributed by atoms with E-state index in [4.69, 9.17) is 14.6 Å². The average molecular weight is 306 g/mol. The van der Waals surface area contributed by atoms with Gasteiger partial charge in [-0.05, 0) is 30.4 Å². The average Bonchev–Trinajstić information content (AvgIpc) is 3.01. The van der Waals surface area contributed by atoms with Crippen LogP contribution in [0.25, 0.3) is 12.2 Å². The first-order valence-corrected chi connectivity index (χ1v) is 6.36. The zero-order valence-corrected chi connectivity index (χ0v) is 11.4. The Morgan fingerprint density at radius 3 is 2.55 bits per heavy atom. The van der Waals surface area contributed by atoms with E-state index in [-0.39, 0.29) is 19.1 Å². The molecule has 116 valence electrons. The Bertz CT molecular complexity index is 649. The van der Waals surface area contributed by atoms with Crippen LogP contribution in [0.1, 0.15) is 11.5 Å². The zero-order valence-electron chi connectivity index (χ0n) is 11.4. The second-order valence-electron chi connectivity index (χ2n) is 4.32. The summed E-state index contributed by atoms with van der Waals surface area (Å²) < 4.78 is 4.97. The molecule has 9 nitrogen and oxygen atoms in total. The molecule has 0 spiro atoms. The summed E-state index contributed by atoms with van der Waals surface area (Å²) in [6, 6.07) is 5.54. The molecule has 0 bridgehead atoms. The number of hydrogen-bond acceptors (Lipinski definition) is 8. The SMILES string of the molecule is O=[N+]([O-])c1ccc(C=Cc2ccc(NC(CO)CO)nn2)o1. The summed E-state index contributed by atoms with van der Waals surface area (Å²) >= 11 is 0. The standard InChI is InChI=1S/C13H14N4O5/c18-7-10(8-19)14-12-5-2-9(15-16-12)1-3-11-4-6-13(22-11)17(20)21/h1-6,10,18-19H,7-8H2,(H,14,16). The second kappa shape index (κ2) is 7.29. The highest BCUT2D eigenvalue weighted by molar-refractivity contribution is 5.65. The second-order valence-corrected chi connectivity index (χ2v) is 4.32. The number of aliphatic hydroxyl groups excluding tert-OH is 2. The Labute approximate surface area is 125 Å². The van der Waals surface area contributed by atoms with E-state index in [0.717, 1.165) is 0 Å². The minimum Gasteiger partial charge on any atom is -0.401 e. The molecule has 0 fully saturated rings. The molecule has 0 unspecified atom stereocenters. The molecule has 9 heteroatoms. The van der Waals surface area contributed by atoms with Crippen molar-refractivity contribution in [2.45, 2.75) is 6.04 Å². The smallest absolute Gasteiger partial charge is 0.401 e. The van der Waals surface area contributed by atoms with Gasteiger partial charge in [0.15, 0.2) is 0 Å². The lowest BCUT2D eigenvalue weighted by Crippen LogP contribution is -2.28. The Morgan fingerprint density at radius 1 is 1.23 bits per heavy atom. The van der Waals surface area contributed by atoms with Crippen molar-refractivity contribution in [1.82, 2.24) is 10.2 Å². The van der Waals surface area contributed by atoms with Crippen molar-refractivity contribution >= 4 is 23.9 Å². The third-order valence-electron chi connectivity index (χ3n) is 2.69. The van der Waals surface area contributed by atoms with Crippen molar-refractivity contribution in [1.29, 1.82) is 0 Å². The number of furan rings is 1. The molecular formula is C13H14N4O5. The van der Waals surface area contributed by atoms with Gasteiger partial charge in [0.25, 0.3) is 0 Å². The summed E-state index contributed by atoms with van der Waals surface area (Å²) in [4.78, 5) is 9.87. The van der Waals surface area contributed by atoms with E-state index in [1.165, 1.54) is 18.2 Å². The van der Waals surface area contributed by atoms with Crippen molar-refractivity contribution < 1.29 is 19.6 Å². The molecule has 0 radical (unpaired) electrons. The van der Waals surface area contributed by atoms with E-state index < -0.39 is 11.0 Å². The molecule has 0 aliphatic carbocycles. The molecule has 0 aliphatic rings. The van der Waals surface area contributed by atoms with E-state index >= 15 is 0 Å². The molecule has 3 N–H and O–H groups in total. The molecule has 0 aromatic carbocycles. The fourth-order valence-electron chi connectivity index (χ4n) is 1.56. The van der Waals surface area contributed by atoms with Crippen LogP contribution < -0.4 is 5.32 Å². The first kappa shape index (κ1) is 15.6. The van der Waals surface area contributed by atoms with Crippen LogP contribution in [0.2, 0.25) is 0 Å². The summed E-state index contributed by atoms with van der Waals surface area (Å²) in [7, 11) is 0. The highest BCUT2D eigenvalue weighted by atomic mass is 16.6. The molecule has 0 aliphatic heterocycles. The topological polar surface area (TPSA) is 135 Å². The first-order chi connectivity index (χ1) is 10.6. The minimum atomic E-state index is -0.615. The normalized spacial score (nSPS) is 11.2. The maximum absolute atomic E-state index is 10.5. The van der Waals surface area contributed by atoms with Gasteiger partial charge in [-0.1, -0.05) is 0 Å². The molecule has 2 rings (SSSR count). The molecule has 22 heavy (non-hydrogen) atoms. The Morgan fingerprint density at radius 2 is 2.00 bits per heavy atom. The number of aromatic nitrogens is 2. The van der Waals surface area contributed by atoms with Crippen molar-refractivity contribution in [2.24, 2.45) is 0 Å². The lowest BCUT2D eigenvalue weighted by Gasteiger charge is -2.12. The number of anilines is 1. The van der Waals surface area contributed by atoms with Crippen LogP contribution in [0.3, 0.4) is 0 Å². The molecule has 0 atom stereocenters. The van der Waals surface area contributed by atoms with E-state index in [1.807, 2.05) is 0 Å². The van der Waals surface area contributed by atoms with Crippen LogP contribution in [0, 0.1) is 10.1 Å². The van der Waals surface area contributed by atoms with Crippen LogP contribution in [0.5, 0.6) is 0 Å². The van der Waals surface area contributed by atoms with Crippen molar-refractivity contribution in [3.05, 3.63) is 45.8 Å². The quantitative estimate of drug-likeness (QED) is 0.507. The molecule has 0 saturated heterocycles. The third-order valence-corrected chi connectivity index (χ3v) is 2.69. The van der Waals surface area contributed by atoms with Gasteiger partial charge in [0.2, 0.25) is 0 Å². The summed E-state index contributed by atoms with van der Waals surface area (Å²) in [6.07, 6.45) is 3.13. The van der Waals surface area contributed by atoms with Crippen LogP contribution in [-0.4, -0.2) is 44.6 Å². The van der Waals surface area contributed by atoms with E-state index in [2.05, 4.69) is 15.5 Å². The van der Waals surface area contributed by atoms with Gasteiger partial charge < -0.3 is 19.9 Å². The highest BCUT2D eigenvalue weighted by Crippen LogP contribution is 2.17. The van der Waals surface area contributed by atoms with Gasteiger partial charge in [-0.3, -0.25) is 10.1 Å². The monoisotopic (exact) mass is 306 g/mol. The van der Waals surface area contributed by atoms with E-state index in [1.54, 1.807) is 18.2 Å². The van der Waals surface area contributed by atoms with Crippen LogP contribution in [-0.2, 0) is 0 Å². The zero-order chi connectivity index (χ0) is 15.9. The van der Waals surface area contributed by atoms with Crippen LogP contribution >= 0.6 is 0 Å². The summed E-state index contributed by atoms with van der Waals surface area (Å²) in [6.45, 7) is -0.450. The third kappa shape index (κ3) is 4.11. The van der Waals surface area contributed by atoms with Gasteiger partial charge in [-0.25, -0.2) is 0 Å². The fraction of sp³-hybridized carbons (Fsp3) is 0.231. The van der Waals surface area contributed by atoms with Crippen LogP contribution in [0.4, 0.5) is 11.7 Å². The van der Waals surface area contributed by atoms with Gasteiger partial charge in [-0.2, -0.15) is 0 Å². The van der Waals surface area contributed by atoms with Gasteiger partial charge in [0.05, 0.1) is 31.0 Å². The number of hydrogen-bond donors (Lipinski definition) is 3. The number of rotatable bonds is 7. The summed E-state index contributed by atoms with van der Waals surface area (Å²) in [5.41, 5.74) is 0.522. The maximum Gasteiger partial charge on any atom is 0.433 e. The number of nitro groups is 1. The Kier molecular flexibility index (Phi) is 5.17. The predicted octanol–water partition coefficient (Wildman–Crippen LogP) is 0.913. The van der Waals surface area contributed by atoms with E-state index in [0.29, 0.717) is 17.3 Å². The number of aliphatic hydroxyl groups is 2. The number of nitrogens with one attached hydrogen (secondary N) is 1. The molecule has 2 heterocycles. The van der Waals surface area contributed by atoms with Crippen molar-refractivity contribution in [3.63, 3.8) is 0 Å². The molecule has 2 aromatic heterocycles. The first-order valence-electron chi connectivity index (χ1n) is 6.36. The lowest BCUT2D eigenvalue weighted by atomic mass is 10.3.